The largest absolute Gasteiger partial charge is 0.481 e. The minimum absolute atomic E-state index is 0.0756. The fraction of sp³-hybridized carbons (Fsp3) is 0.421. The molecular weight excluding hydrogens is 320 g/mol. The first-order valence-corrected chi connectivity index (χ1v) is 8.49. The molecule has 0 saturated heterocycles. The van der Waals surface area contributed by atoms with Crippen molar-refractivity contribution in [3.8, 4) is 0 Å². The van der Waals surface area contributed by atoms with E-state index >= 15 is 0 Å². The normalized spacial score (nSPS) is 26.7. The van der Waals surface area contributed by atoms with Gasteiger partial charge in [-0.05, 0) is 41.9 Å². The van der Waals surface area contributed by atoms with Crippen LogP contribution in [0.3, 0.4) is 0 Å². The van der Waals surface area contributed by atoms with Gasteiger partial charge in [-0.2, -0.15) is 0 Å². The Morgan fingerprint density at radius 1 is 1.00 bits per heavy atom. The van der Waals surface area contributed by atoms with Crippen molar-refractivity contribution in [1.29, 1.82) is 0 Å². The van der Waals surface area contributed by atoms with Crippen LogP contribution in [0, 0.1) is 23.7 Å². The van der Waals surface area contributed by atoms with Gasteiger partial charge in [0.05, 0.1) is 11.8 Å². The number of hydrogen-bond acceptors (Lipinski definition) is 3. The van der Waals surface area contributed by atoms with Crippen LogP contribution in [0.25, 0.3) is 0 Å². The molecule has 25 heavy (non-hydrogen) atoms. The van der Waals surface area contributed by atoms with Gasteiger partial charge in [0.2, 0.25) is 5.91 Å². The third-order valence-electron chi connectivity index (χ3n) is 5.19. The van der Waals surface area contributed by atoms with Crippen LogP contribution in [0.2, 0.25) is 0 Å². The number of hydrazine groups is 1. The van der Waals surface area contributed by atoms with E-state index in [4.69, 9.17) is 0 Å². The predicted octanol–water partition coefficient (Wildman–Crippen LogP) is 2.09. The minimum Gasteiger partial charge on any atom is -0.481 e. The van der Waals surface area contributed by atoms with E-state index in [1.807, 2.05) is 24.3 Å². The van der Waals surface area contributed by atoms with Crippen LogP contribution in [0.5, 0.6) is 0 Å². The summed E-state index contributed by atoms with van der Waals surface area (Å²) in [5.74, 6) is -3.01. The maximum atomic E-state index is 12.4. The van der Waals surface area contributed by atoms with Crippen LogP contribution in [0.1, 0.15) is 42.1 Å². The summed E-state index contributed by atoms with van der Waals surface area (Å²) in [5, 5.41) is 9.38. The third-order valence-corrected chi connectivity index (χ3v) is 5.19. The molecule has 0 heterocycles. The van der Waals surface area contributed by atoms with Gasteiger partial charge < -0.3 is 5.11 Å². The number of carbonyl (C=O) groups is 3. The van der Waals surface area contributed by atoms with Crippen LogP contribution in [-0.2, 0) is 9.59 Å². The standard InChI is InChI=1S/C19H22N2O4/c1-10(2)11-3-5-12(6-4-11)17(22)20-21-18(23)15-13-7-8-14(9-13)16(15)19(24)25/h3-8,10,13-16H,9H2,1-2H3,(H,20,22)(H,21,23)(H,24,25)/t13-,14+,15+,16-/m0/s1. The monoisotopic (exact) mass is 342 g/mol. The predicted molar refractivity (Wildman–Crippen MR) is 91.5 cm³/mol. The van der Waals surface area contributed by atoms with Crippen molar-refractivity contribution in [1.82, 2.24) is 10.9 Å². The summed E-state index contributed by atoms with van der Waals surface area (Å²) in [4.78, 5) is 36.0. The molecule has 3 N–H and O–H groups in total. The van der Waals surface area contributed by atoms with Crippen molar-refractivity contribution in [2.75, 3.05) is 0 Å². The summed E-state index contributed by atoms with van der Waals surface area (Å²) >= 11 is 0. The van der Waals surface area contributed by atoms with E-state index in [2.05, 4.69) is 24.7 Å². The van der Waals surface area contributed by atoms with Crippen LogP contribution in [-0.4, -0.2) is 22.9 Å². The number of benzene rings is 1. The van der Waals surface area contributed by atoms with Gasteiger partial charge in [-0.3, -0.25) is 25.2 Å². The van der Waals surface area contributed by atoms with E-state index in [0.29, 0.717) is 17.9 Å². The molecule has 0 aromatic heterocycles. The average Bonchev–Trinajstić information content (AvgIpc) is 3.20. The van der Waals surface area contributed by atoms with Gasteiger partial charge in [-0.15, -0.1) is 0 Å². The molecule has 2 aliphatic rings. The lowest BCUT2D eigenvalue weighted by Gasteiger charge is -2.23. The van der Waals surface area contributed by atoms with Gasteiger partial charge >= 0.3 is 5.97 Å². The number of rotatable bonds is 4. The van der Waals surface area contributed by atoms with E-state index in [1.165, 1.54) is 0 Å². The van der Waals surface area contributed by atoms with Crippen LogP contribution >= 0.6 is 0 Å². The lowest BCUT2D eigenvalue weighted by molar-refractivity contribution is -0.148. The molecule has 6 heteroatoms. The van der Waals surface area contributed by atoms with E-state index in [0.717, 1.165) is 5.56 Å². The fourth-order valence-corrected chi connectivity index (χ4v) is 3.81. The first-order chi connectivity index (χ1) is 11.9. The highest BCUT2D eigenvalue weighted by Crippen LogP contribution is 2.48. The molecule has 2 amide bonds. The van der Waals surface area contributed by atoms with Crippen molar-refractivity contribution in [3.63, 3.8) is 0 Å². The maximum Gasteiger partial charge on any atom is 0.307 e. The topological polar surface area (TPSA) is 95.5 Å². The number of carbonyl (C=O) groups excluding carboxylic acids is 2. The summed E-state index contributed by atoms with van der Waals surface area (Å²) in [7, 11) is 0. The van der Waals surface area contributed by atoms with Crippen molar-refractivity contribution < 1.29 is 19.5 Å². The SMILES string of the molecule is CC(C)c1ccc(C(=O)NNC(=O)[C@H]2[C@@H](C(=O)O)[C@@H]3C=C[C@H]2C3)cc1. The Morgan fingerprint density at radius 2 is 1.60 bits per heavy atom. The number of allylic oxidation sites excluding steroid dienone is 2. The highest BCUT2D eigenvalue weighted by atomic mass is 16.4. The van der Waals surface area contributed by atoms with E-state index in [1.54, 1.807) is 12.1 Å². The second-order valence-corrected chi connectivity index (χ2v) is 7.06. The van der Waals surface area contributed by atoms with E-state index in [9.17, 15) is 19.5 Å². The van der Waals surface area contributed by atoms with E-state index < -0.39 is 29.6 Å². The second-order valence-electron chi connectivity index (χ2n) is 7.06. The van der Waals surface area contributed by atoms with Crippen LogP contribution in [0.4, 0.5) is 0 Å². The number of hydrogen-bond donors (Lipinski definition) is 3. The number of amides is 2. The van der Waals surface area contributed by atoms with E-state index in [-0.39, 0.29) is 11.8 Å². The molecule has 0 unspecified atom stereocenters. The molecule has 6 nitrogen and oxygen atoms in total. The quantitative estimate of drug-likeness (QED) is 0.577. The molecular formula is C19H22N2O4. The maximum absolute atomic E-state index is 12.4. The van der Waals surface area contributed by atoms with Gasteiger partial charge in [-0.1, -0.05) is 38.1 Å². The second kappa shape index (κ2) is 6.70. The van der Waals surface area contributed by atoms with Crippen LogP contribution in [0.15, 0.2) is 36.4 Å². The molecule has 2 aliphatic carbocycles. The zero-order chi connectivity index (χ0) is 18.1. The first-order valence-electron chi connectivity index (χ1n) is 8.49. The molecule has 132 valence electrons. The molecule has 1 aromatic rings. The van der Waals surface area contributed by atoms with Crippen molar-refractivity contribution in [2.45, 2.75) is 26.2 Å². The molecule has 3 rings (SSSR count). The number of carboxylic acid groups (broad SMARTS) is 1. The molecule has 0 radical (unpaired) electrons. The number of nitrogens with one attached hydrogen (secondary N) is 2. The summed E-state index contributed by atoms with van der Waals surface area (Å²) < 4.78 is 0. The smallest absolute Gasteiger partial charge is 0.307 e. The lowest BCUT2D eigenvalue weighted by Crippen LogP contribution is -2.48. The number of fused-ring (bicyclic) bond motifs is 2. The van der Waals surface area contributed by atoms with Gasteiger partial charge in [0, 0.05) is 5.56 Å². The number of carboxylic acids is 1. The van der Waals surface area contributed by atoms with Crippen LogP contribution < -0.4 is 10.9 Å². The Kier molecular flexibility index (Phi) is 4.61. The molecule has 1 saturated carbocycles. The molecule has 2 bridgehead atoms. The molecule has 4 atom stereocenters. The Morgan fingerprint density at radius 3 is 2.16 bits per heavy atom. The average molecular weight is 342 g/mol. The zero-order valence-electron chi connectivity index (χ0n) is 14.2. The number of aliphatic carboxylic acids is 1. The summed E-state index contributed by atoms with van der Waals surface area (Å²) in [6.45, 7) is 4.13. The van der Waals surface area contributed by atoms with Gasteiger partial charge in [0.25, 0.3) is 5.91 Å². The van der Waals surface area contributed by atoms with Crippen molar-refractivity contribution in [2.24, 2.45) is 23.7 Å². The summed E-state index contributed by atoms with van der Waals surface area (Å²) in [5.41, 5.74) is 6.34. The van der Waals surface area contributed by atoms with Crippen molar-refractivity contribution >= 4 is 17.8 Å². The third kappa shape index (κ3) is 3.29. The molecule has 0 aliphatic heterocycles. The molecule has 1 fully saturated rings. The van der Waals surface area contributed by atoms with Crippen molar-refractivity contribution in [3.05, 3.63) is 47.5 Å². The van der Waals surface area contributed by atoms with Gasteiger partial charge in [0.1, 0.15) is 0 Å². The Hall–Kier alpha value is -2.63. The highest BCUT2D eigenvalue weighted by molar-refractivity contribution is 5.96. The summed E-state index contributed by atoms with van der Waals surface area (Å²) in [6.07, 6.45) is 4.46. The fourth-order valence-electron chi connectivity index (χ4n) is 3.81. The molecule has 1 aromatic carbocycles. The lowest BCUT2D eigenvalue weighted by atomic mass is 9.82. The highest BCUT2D eigenvalue weighted by Gasteiger charge is 2.51. The minimum atomic E-state index is -0.965. The van der Waals surface area contributed by atoms with Gasteiger partial charge in [0.15, 0.2) is 0 Å². The molecule has 0 spiro atoms. The van der Waals surface area contributed by atoms with Gasteiger partial charge in [-0.25, -0.2) is 0 Å². The Bertz CT molecular complexity index is 723. The Labute approximate surface area is 146 Å². The Balaban J connectivity index is 1.61. The summed E-state index contributed by atoms with van der Waals surface area (Å²) in [6, 6.07) is 7.17. The first kappa shape index (κ1) is 17.2. The zero-order valence-corrected chi connectivity index (χ0v) is 14.2.